The standard InChI is InChI=1S/C10H11F2NO2/c1-13(2)9(10(14)15)6-3-4-7(11)8(12)5-6/h3-5,9H,1-2H3,(H,14,15)/t9-/m0/s1. The van der Waals surface area contributed by atoms with Crippen LogP contribution in [-0.2, 0) is 4.79 Å². The van der Waals surface area contributed by atoms with E-state index in [9.17, 15) is 13.6 Å². The third kappa shape index (κ3) is 2.50. The van der Waals surface area contributed by atoms with E-state index in [-0.39, 0.29) is 5.56 Å². The normalized spacial score (nSPS) is 12.9. The predicted octanol–water partition coefficient (Wildman–Crippen LogP) is 1.65. The molecular formula is C10H11F2NO2. The second-order valence-electron chi connectivity index (χ2n) is 3.38. The third-order valence-electron chi connectivity index (χ3n) is 2.01. The number of likely N-dealkylation sites (N-methyl/N-ethyl adjacent to an activating group) is 1. The summed E-state index contributed by atoms with van der Waals surface area (Å²) in [6.07, 6.45) is 0. The molecule has 0 fully saturated rings. The zero-order chi connectivity index (χ0) is 11.6. The number of carboxylic acids is 1. The lowest BCUT2D eigenvalue weighted by Gasteiger charge is -2.20. The summed E-state index contributed by atoms with van der Waals surface area (Å²) in [5.41, 5.74) is 0.214. The highest BCUT2D eigenvalue weighted by Gasteiger charge is 2.22. The molecule has 0 saturated heterocycles. The average molecular weight is 215 g/mol. The molecule has 0 unspecified atom stereocenters. The first kappa shape index (κ1) is 11.6. The van der Waals surface area contributed by atoms with E-state index in [1.54, 1.807) is 14.1 Å². The molecule has 1 N–H and O–H groups in total. The van der Waals surface area contributed by atoms with E-state index >= 15 is 0 Å². The Balaban J connectivity index is 3.12. The Kier molecular flexibility index (Phi) is 3.36. The first-order chi connectivity index (χ1) is 6.93. The summed E-state index contributed by atoms with van der Waals surface area (Å²) in [5, 5.41) is 8.90. The maximum absolute atomic E-state index is 12.9. The predicted molar refractivity (Wildman–Crippen MR) is 50.4 cm³/mol. The minimum atomic E-state index is -1.11. The smallest absolute Gasteiger partial charge is 0.325 e. The van der Waals surface area contributed by atoms with Gasteiger partial charge < -0.3 is 5.11 Å². The van der Waals surface area contributed by atoms with Gasteiger partial charge in [0.15, 0.2) is 11.6 Å². The number of aliphatic carboxylic acids is 1. The van der Waals surface area contributed by atoms with Gasteiger partial charge in [-0.3, -0.25) is 9.69 Å². The van der Waals surface area contributed by atoms with Crippen LogP contribution in [-0.4, -0.2) is 30.1 Å². The van der Waals surface area contributed by atoms with Crippen molar-refractivity contribution < 1.29 is 18.7 Å². The number of hydrogen-bond donors (Lipinski definition) is 1. The van der Waals surface area contributed by atoms with E-state index in [0.29, 0.717) is 0 Å². The molecular weight excluding hydrogens is 204 g/mol. The molecule has 0 radical (unpaired) electrons. The minimum Gasteiger partial charge on any atom is -0.480 e. The van der Waals surface area contributed by atoms with Crippen LogP contribution in [0.4, 0.5) is 8.78 Å². The Morgan fingerprint density at radius 1 is 1.33 bits per heavy atom. The van der Waals surface area contributed by atoms with Gasteiger partial charge in [-0.1, -0.05) is 6.07 Å². The summed E-state index contributed by atoms with van der Waals surface area (Å²) >= 11 is 0. The van der Waals surface area contributed by atoms with Crippen LogP contribution in [0.5, 0.6) is 0 Å². The number of benzene rings is 1. The third-order valence-corrected chi connectivity index (χ3v) is 2.01. The number of nitrogens with zero attached hydrogens (tertiary/aromatic N) is 1. The average Bonchev–Trinajstić information content (AvgIpc) is 2.10. The van der Waals surface area contributed by atoms with E-state index in [0.717, 1.165) is 12.1 Å². The van der Waals surface area contributed by atoms with Crippen molar-refractivity contribution in [3.05, 3.63) is 35.4 Å². The lowest BCUT2D eigenvalue weighted by Crippen LogP contribution is -2.27. The Morgan fingerprint density at radius 3 is 2.33 bits per heavy atom. The Hall–Kier alpha value is -1.49. The van der Waals surface area contributed by atoms with Crippen LogP contribution < -0.4 is 0 Å². The van der Waals surface area contributed by atoms with E-state index in [1.165, 1.54) is 11.0 Å². The molecule has 0 saturated carbocycles. The number of rotatable bonds is 3. The second kappa shape index (κ2) is 4.35. The van der Waals surface area contributed by atoms with Crippen molar-refractivity contribution in [1.82, 2.24) is 4.90 Å². The largest absolute Gasteiger partial charge is 0.480 e. The van der Waals surface area contributed by atoms with Crippen LogP contribution in [0.15, 0.2) is 18.2 Å². The summed E-state index contributed by atoms with van der Waals surface area (Å²) in [6, 6.07) is 2.11. The number of hydrogen-bond acceptors (Lipinski definition) is 2. The van der Waals surface area contributed by atoms with Gasteiger partial charge in [0.1, 0.15) is 6.04 Å². The van der Waals surface area contributed by atoms with Crippen LogP contribution in [0.2, 0.25) is 0 Å². The first-order valence-corrected chi connectivity index (χ1v) is 4.27. The highest BCUT2D eigenvalue weighted by atomic mass is 19.2. The molecule has 0 amide bonds. The summed E-state index contributed by atoms with van der Waals surface area (Å²) in [4.78, 5) is 12.3. The van der Waals surface area contributed by atoms with E-state index < -0.39 is 23.6 Å². The quantitative estimate of drug-likeness (QED) is 0.833. The number of carboxylic acid groups (broad SMARTS) is 1. The van der Waals surface area contributed by atoms with E-state index in [4.69, 9.17) is 5.11 Å². The minimum absolute atomic E-state index is 0.214. The van der Waals surface area contributed by atoms with Gasteiger partial charge in [-0.05, 0) is 31.8 Å². The van der Waals surface area contributed by atoms with Gasteiger partial charge in [-0.2, -0.15) is 0 Å². The molecule has 82 valence electrons. The summed E-state index contributed by atoms with van der Waals surface area (Å²) in [5.74, 6) is -3.13. The molecule has 0 aliphatic carbocycles. The zero-order valence-corrected chi connectivity index (χ0v) is 8.37. The van der Waals surface area contributed by atoms with E-state index in [1.807, 2.05) is 0 Å². The Morgan fingerprint density at radius 2 is 1.93 bits per heavy atom. The monoisotopic (exact) mass is 215 g/mol. The number of halogens is 2. The molecule has 0 bridgehead atoms. The molecule has 1 aromatic carbocycles. The van der Waals surface area contributed by atoms with Crippen LogP contribution >= 0.6 is 0 Å². The van der Waals surface area contributed by atoms with Crippen molar-refractivity contribution in [3.63, 3.8) is 0 Å². The van der Waals surface area contributed by atoms with Gasteiger partial charge in [-0.25, -0.2) is 8.78 Å². The molecule has 15 heavy (non-hydrogen) atoms. The summed E-state index contributed by atoms with van der Waals surface area (Å²) in [6.45, 7) is 0. The summed E-state index contributed by atoms with van der Waals surface area (Å²) in [7, 11) is 3.11. The fourth-order valence-corrected chi connectivity index (χ4v) is 1.34. The molecule has 1 atom stereocenters. The maximum Gasteiger partial charge on any atom is 0.325 e. The Labute approximate surface area is 85.9 Å². The lowest BCUT2D eigenvalue weighted by molar-refractivity contribution is -0.142. The van der Waals surface area contributed by atoms with Crippen molar-refractivity contribution in [1.29, 1.82) is 0 Å². The molecule has 0 aliphatic rings. The topological polar surface area (TPSA) is 40.5 Å². The Bertz CT molecular complexity index is 380. The summed E-state index contributed by atoms with van der Waals surface area (Å²) < 4.78 is 25.5. The molecule has 1 aromatic rings. The highest BCUT2D eigenvalue weighted by molar-refractivity contribution is 5.75. The fraction of sp³-hybridized carbons (Fsp3) is 0.300. The van der Waals surface area contributed by atoms with Gasteiger partial charge in [0.2, 0.25) is 0 Å². The molecule has 0 aromatic heterocycles. The molecule has 3 nitrogen and oxygen atoms in total. The molecule has 5 heteroatoms. The van der Waals surface area contributed by atoms with Gasteiger partial charge in [-0.15, -0.1) is 0 Å². The fourth-order valence-electron chi connectivity index (χ4n) is 1.34. The maximum atomic E-state index is 12.9. The lowest BCUT2D eigenvalue weighted by atomic mass is 10.1. The van der Waals surface area contributed by atoms with Gasteiger partial charge >= 0.3 is 5.97 Å². The molecule has 1 rings (SSSR count). The SMILES string of the molecule is CN(C)[C@H](C(=O)O)c1ccc(F)c(F)c1. The van der Waals surface area contributed by atoms with Gasteiger partial charge in [0.25, 0.3) is 0 Å². The van der Waals surface area contributed by atoms with Gasteiger partial charge in [0, 0.05) is 0 Å². The molecule has 0 spiro atoms. The van der Waals surface area contributed by atoms with Crippen LogP contribution in [0.1, 0.15) is 11.6 Å². The van der Waals surface area contributed by atoms with Crippen molar-refractivity contribution in [2.24, 2.45) is 0 Å². The highest BCUT2D eigenvalue weighted by Crippen LogP contribution is 2.20. The number of carbonyl (C=O) groups is 1. The van der Waals surface area contributed by atoms with E-state index in [2.05, 4.69) is 0 Å². The van der Waals surface area contributed by atoms with Gasteiger partial charge in [0.05, 0.1) is 0 Å². The van der Waals surface area contributed by atoms with Crippen LogP contribution in [0.25, 0.3) is 0 Å². The molecule has 0 aliphatic heterocycles. The van der Waals surface area contributed by atoms with Crippen LogP contribution in [0.3, 0.4) is 0 Å². The van der Waals surface area contributed by atoms with Crippen molar-refractivity contribution in [2.45, 2.75) is 6.04 Å². The molecule has 0 heterocycles. The van der Waals surface area contributed by atoms with Crippen molar-refractivity contribution in [3.8, 4) is 0 Å². The first-order valence-electron chi connectivity index (χ1n) is 4.27. The second-order valence-corrected chi connectivity index (χ2v) is 3.38. The zero-order valence-electron chi connectivity index (χ0n) is 8.37. The van der Waals surface area contributed by atoms with Crippen molar-refractivity contribution >= 4 is 5.97 Å². The van der Waals surface area contributed by atoms with Crippen molar-refractivity contribution in [2.75, 3.05) is 14.1 Å². The van der Waals surface area contributed by atoms with Crippen LogP contribution in [0, 0.1) is 11.6 Å².